The van der Waals surface area contributed by atoms with E-state index in [0.29, 0.717) is 6.42 Å². The first-order valence-electron chi connectivity index (χ1n) is 5.33. The first-order valence-corrected chi connectivity index (χ1v) is 6.08. The molecule has 1 unspecified atom stereocenters. The molecule has 4 nitrogen and oxygen atoms in total. The number of amides is 1. The molecule has 1 aromatic heterocycles. The number of hydrogen-bond acceptors (Lipinski definition) is 3. The fourth-order valence-electron chi connectivity index (χ4n) is 1.31. The standard InChI is InChI=1S/C11H14Cl2N2O2/c1-2-3-7(16)6-14-11(17)10-8(12)4-5-9(13)15-10/h4-5,7,16H,2-3,6H2,1H3,(H,14,17). The van der Waals surface area contributed by atoms with Gasteiger partial charge >= 0.3 is 0 Å². The fraction of sp³-hybridized carbons (Fsp3) is 0.455. The van der Waals surface area contributed by atoms with Crippen molar-refractivity contribution in [2.24, 2.45) is 0 Å². The van der Waals surface area contributed by atoms with Gasteiger partial charge in [0.05, 0.1) is 11.1 Å². The van der Waals surface area contributed by atoms with Crippen molar-refractivity contribution >= 4 is 29.1 Å². The Balaban J connectivity index is 2.61. The van der Waals surface area contributed by atoms with Crippen molar-refractivity contribution < 1.29 is 9.90 Å². The van der Waals surface area contributed by atoms with Crippen LogP contribution in [-0.2, 0) is 0 Å². The van der Waals surface area contributed by atoms with Crippen molar-refractivity contribution in [1.82, 2.24) is 10.3 Å². The Hall–Kier alpha value is -0.840. The van der Waals surface area contributed by atoms with E-state index in [-0.39, 0.29) is 22.4 Å². The molecule has 1 aromatic rings. The van der Waals surface area contributed by atoms with E-state index in [2.05, 4.69) is 10.3 Å². The molecule has 0 saturated carbocycles. The topological polar surface area (TPSA) is 62.2 Å². The molecule has 0 fully saturated rings. The van der Waals surface area contributed by atoms with Gasteiger partial charge in [0.15, 0.2) is 0 Å². The second-order valence-electron chi connectivity index (χ2n) is 3.62. The van der Waals surface area contributed by atoms with Crippen LogP contribution in [0.5, 0.6) is 0 Å². The molecule has 0 radical (unpaired) electrons. The Morgan fingerprint density at radius 3 is 2.88 bits per heavy atom. The van der Waals surface area contributed by atoms with Crippen LogP contribution in [0.4, 0.5) is 0 Å². The molecule has 0 aliphatic rings. The first kappa shape index (κ1) is 14.2. The normalized spacial score (nSPS) is 12.2. The van der Waals surface area contributed by atoms with Gasteiger partial charge in [-0.3, -0.25) is 4.79 Å². The van der Waals surface area contributed by atoms with Gasteiger partial charge in [0.25, 0.3) is 5.91 Å². The van der Waals surface area contributed by atoms with Gasteiger partial charge in [-0.15, -0.1) is 0 Å². The van der Waals surface area contributed by atoms with Crippen molar-refractivity contribution in [2.45, 2.75) is 25.9 Å². The van der Waals surface area contributed by atoms with Crippen LogP contribution in [0.15, 0.2) is 12.1 Å². The minimum absolute atomic E-state index is 0.0721. The highest BCUT2D eigenvalue weighted by atomic mass is 35.5. The van der Waals surface area contributed by atoms with E-state index in [4.69, 9.17) is 23.2 Å². The summed E-state index contributed by atoms with van der Waals surface area (Å²) in [5.41, 5.74) is 0.0721. The summed E-state index contributed by atoms with van der Waals surface area (Å²) in [5, 5.41) is 12.5. The van der Waals surface area contributed by atoms with Crippen LogP contribution in [-0.4, -0.2) is 28.6 Å². The molecular formula is C11H14Cl2N2O2. The average molecular weight is 277 g/mol. The molecule has 0 bridgehead atoms. The maximum absolute atomic E-state index is 11.7. The van der Waals surface area contributed by atoms with Gasteiger partial charge in [-0.2, -0.15) is 0 Å². The number of aromatic nitrogens is 1. The first-order chi connectivity index (χ1) is 8.04. The summed E-state index contributed by atoms with van der Waals surface area (Å²) in [6.45, 7) is 2.14. The molecule has 94 valence electrons. The minimum Gasteiger partial charge on any atom is -0.391 e. The van der Waals surface area contributed by atoms with E-state index in [1.165, 1.54) is 12.1 Å². The lowest BCUT2D eigenvalue weighted by Crippen LogP contribution is -2.32. The summed E-state index contributed by atoms with van der Waals surface area (Å²) in [7, 11) is 0. The summed E-state index contributed by atoms with van der Waals surface area (Å²) in [4.78, 5) is 15.5. The molecule has 2 N–H and O–H groups in total. The van der Waals surface area contributed by atoms with E-state index in [1.54, 1.807) is 0 Å². The van der Waals surface area contributed by atoms with Crippen molar-refractivity contribution in [1.29, 1.82) is 0 Å². The molecule has 17 heavy (non-hydrogen) atoms. The summed E-state index contributed by atoms with van der Waals surface area (Å²) >= 11 is 11.5. The lowest BCUT2D eigenvalue weighted by Gasteiger charge is -2.10. The third-order valence-corrected chi connectivity index (χ3v) is 2.66. The highest BCUT2D eigenvalue weighted by Gasteiger charge is 2.13. The van der Waals surface area contributed by atoms with Crippen LogP contribution in [0, 0.1) is 0 Å². The van der Waals surface area contributed by atoms with E-state index >= 15 is 0 Å². The van der Waals surface area contributed by atoms with E-state index in [0.717, 1.165) is 6.42 Å². The van der Waals surface area contributed by atoms with Crippen molar-refractivity contribution in [3.05, 3.63) is 28.0 Å². The summed E-state index contributed by atoms with van der Waals surface area (Å²) < 4.78 is 0. The van der Waals surface area contributed by atoms with E-state index < -0.39 is 12.0 Å². The molecule has 0 aromatic carbocycles. The molecular weight excluding hydrogens is 263 g/mol. The molecule has 0 aliphatic carbocycles. The third kappa shape index (κ3) is 4.50. The number of nitrogens with zero attached hydrogens (tertiary/aromatic N) is 1. The number of carbonyl (C=O) groups is 1. The number of halogens is 2. The number of nitrogens with one attached hydrogen (secondary N) is 1. The highest BCUT2D eigenvalue weighted by molar-refractivity contribution is 6.34. The zero-order valence-corrected chi connectivity index (χ0v) is 10.9. The monoisotopic (exact) mass is 276 g/mol. The summed E-state index contributed by atoms with van der Waals surface area (Å²) in [6.07, 6.45) is 0.936. The number of carbonyl (C=O) groups excluding carboxylic acids is 1. The number of aliphatic hydroxyl groups excluding tert-OH is 1. The van der Waals surface area contributed by atoms with E-state index in [9.17, 15) is 9.90 Å². The number of aliphatic hydroxyl groups is 1. The maximum Gasteiger partial charge on any atom is 0.271 e. The van der Waals surface area contributed by atoms with Gasteiger partial charge in [0.1, 0.15) is 10.8 Å². The minimum atomic E-state index is -0.554. The molecule has 1 heterocycles. The quantitative estimate of drug-likeness (QED) is 0.812. The smallest absolute Gasteiger partial charge is 0.271 e. The lowest BCUT2D eigenvalue weighted by atomic mass is 10.2. The predicted octanol–water partition coefficient (Wildman–Crippen LogP) is 2.28. The van der Waals surface area contributed by atoms with Gasteiger partial charge in [-0.05, 0) is 18.6 Å². The Bertz CT molecular complexity index is 399. The SMILES string of the molecule is CCCC(O)CNC(=O)c1nc(Cl)ccc1Cl. The average Bonchev–Trinajstić information content (AvgIpc) is 2.29. The van der Waals surface area contributed by atoms with Gasteiger partial charge in [0, 0.05) is 6.54 Å². The second kappa shape index (κ2) is 6.79. The number of pyridine rings is 1. The predicted molar refractivity (Wildman–Crippen MR) is 67.5 cm³/mol. The molecule has 0 spiro atoms. The van der Waals surface area contributed by atoms with Crippen molar-refractivity contribution in [3.63, 3.8) is 0 Å². The molecule has 0 saturated heterocycles. The summed E-state index contributed by atoms with van der Waals surface area (Å²) in [5.74, 6) is -0.437. The van der Waals surface area contributed by atoms with E-state index in [1.807, 2.05) is 6.92 Å². The van der Waals surface area contributed by atoms with Crippen molar-refractivity contribution in [2.75, 3.05) is 6.54 Å². The zero-order valence-electron chi connectivity index (χ0n) is 9.41. The number of rotatable bonds is 5. The Kier molecular flexibility index (Phi) is 5.68. The van der Waals surface area contributed by atoms with Crippen LogP contribution in [0.1, 0.15) is 30.3 Å². The van der Waals surface area contributed by atoms with Crippen LogP contribution in [0.3, 0.4) is 0 Å². The maximum atomic E-state index is 11.7. The fourth-order valence-corrected chi connectivity index (χ4v) is 1.65. The highest BCUT2D eigenvalue weighted by Crippen LogP contribution is 2.16. The summed E-state index contributed by atoms with van der Waals surface area (Å²) in [6, 6.07) is 3.01. The van der Waals surface area contributed by atoms with Gasteiger partial charge < -0.3 is 10.4 Å². The van der Waals surface area contributed by atoms with Gasteiger partial charge in [0.2, 0.25) is 0 Å². The molecule has 1 atom stereocenters. The van der Waals surface area contributed by atoms with Gasteiger partial charge in [-0.25, -0.2) is 4.98 Å². The largest absolute Gasteiger partial charge is 0.391 e. The molecule has 0 aliphatic heterocycles. The lowest BCUT2D eigenvalue weighted by molar-refractivity contribution is 0.0905. The van der Waals surface area contributed by atoms with Crippen molar-refractivity contribution in [3.8, 4) is 0 Å². The second-order valence-corrected chi connectivity index (χ2v) is 4.41. The van der Waals surface area contributed by atoms with Gasteiger partial charge in [-0.1, -0.05) is 36.5 Å². The van der Waals surface area contributed by atoms with Crippen LogP contribution in [0.25, 0.3) is 0 Å². The molecule has 1 amide bonds. The molecule has 1 rings (SSSR count). The van der Waals surface area contributed by atoms with Crippen LogP contribution >= 0.6 is 23.2 Å². The van der Waals surface area contributed by atoms with Crippen LogP contribution in [0.2, 0.25) is 10.2 Å². The third-order valence-electron chi connectivity index (χ3n) is 2.15. The molecule has 6 heteroatoms. The Morgan fingerprint density at radius 1 is 1.53 bits per heavy atom. The zero-order chi connectivity index (χ0) is 12.8. The Labute approximate surface area is 110 Å². The number of hydrogen-bond donors (Lipinski definition) is 2. The Morgan fingerprint density at radius 2 is 2.24 bits per heavy atom. The van der Waals surface area contributed by atoms with Crippen LogP contribution < -0.4 is 5.32 Å².